The molecule has 0 aromatic heterocycles. The summed E-state index contributed by atoms with van der Waals surface area (Å²) in [5.41, 5.74) is 5.39. The predicted molar refractivity (Wildman–Crippen MR) is 119 cm³/mol. The highest BCUT2D eigenvalue weighted by molar-refractivity contribution is 7.89. The Morgan fingerprint density at radius 2 is 1.55 bits per heavy atom. The van der Waals surface area contributed by atoms with E-state index in [0.29, 0.717) is 11.3 Å². The molecule has 0 aliphatic carbocycles. The van der Waals surface area contributed by atoms with Gasteiger partial charge in [0.15, 0.2) is 0 Å². The number of hydrazine groups is 1. The van der Waals surface area contributed by atoms with Crippen LogP contribution >= 0.6 is 0 Å². The van der Waals surface area contributed by atoms with Crippen molar-refractivity contribution in [2.45, 2.75) is 17.4 Å². The third-order valence-corrected chi connectivity index (χ3v) is 6.18. The van der Waals surface area contributed by atoms with Crippen LogP contribution in [-0.4, -0.2) is 33.4 Å². The van der Waals surface area contributed by atoms with Gasteiger partial charge in [0.05, 0.1) is 7.11 Å². The maximum absolute atomic E-state index is 14.1. The lowest BCUT2D eigenvalue weighted by Crippen LogP contribution is -2.53. The van der Waals surface area contributed by atoms with E-state index >= 15 is 0 Å². The molecule has 10 heteroatoms. The summed E-state index contributed by atoms with van der Waals surface area (Å²) in [4.78, 5) is 24.6. The molecule has 3 N–H and O–H groups in total. The molecule has 0 radical (unpaired) electrons. The first-order valence-corrected chi connectivity index (χ1v) is 11.3. The Labute approximate surface area is 190 Å². The summed E-state index contributed by atoms with van der Waals surface area (Å²) in [5, 5.41) is 0. The number of carbonyl (C=O) groups excluding carboxylic acids is 2. The largest absolute Gasteiger partial charge is 0.497 e. The number of hydrogen-bond donors (Lipinski definition) is 3. The first-order chi connectivity index (χ1) is 15.8. The van der Waals surface area contributed by atoms with Crippen LogP contribution in [-0.2, 0) is 21.2 Å². The molecule has 0 fully saturated rings. The third-order valence-electron chi connectivity index (χ3n) is 4.67. The van der Waals surface area contributed by atoms with Gasteiger partial charge in [0, 0.05) is 5.56 Å². The van der Waals surface area contributed by atoms with E-state index in [0.717, 1.165) is 12.1 Å². The molecule has 0 heterocycles. The maximum Gasteiger partial charge on any atom is 0.269 e. The first kappa shape index (κ1) is 23.9. The molecule has 33 heavy (non-hydrogen) atoms. The highest BCUT2D eigenvalue weighted by atomic mass is 32.2. The van der Waals surface area contributed by atoms with Gasteiger partial charge in [0.2, 0.25) is 10.0 Å². The minimum Gasteiger partial charge on any atom is -0.497 e. The van der Waals surface area contributed by atoms with Crippen molar-refractivity contribution < 1.29 is 27.1 Å². The molecule has 172 valence electrons. The zero-order chi connectivity index (χ0) is 23.8. The molecule has 1 unspecified atom stereocenters. The molecule has 0 aliphatic rings. The van der Waals surface area contributed by atoms with Crippen LogP contribution < -0.4 is 20.3 Å². The van der Waals surface area contributed by atoms with Gasteiger partial charge in [-0.05, 0) is 48.4 Å². The molecule has 0 spiro atoms. The molecule has 3 aromatic rings. The quantitative estimate of drug-likeness (QED) is 0.436. The number of amides is 2. The summed E-state index contributed by atoms with van der Waals surface area (Å²) in [6.45, 7) is 0. The van der Waals surface area contributed by atoms with E-state index in [9.17, 15) is 22.4 Å². The van der Waals surface area contributed by atoms with Gasteiger partial charge in [0.1, 0.15) is 22.5 Å². The van der Waals surface area contributed by atoms with Crippen LogP contribution in [0.5, 0.6) is 5.75 Å². The van der Waals surface area contributed by atoms with Crippen molar-refractivity contribution in [2.24, 2.45) is 0 Å². The summed E-state index contributed by atoms with van der Waals surface area (Å²) in [6.07, 6.45) is -0.0290. The standard InChI is InChI=1S/C23H22FN3O5S/c1-32-18-13-11-17(12-14-18)22(28)25-26-23(29)20(15-16-7-3-2-4-8-16)27-33(30,31)21-10-6-5-9-19(21)24/h2-14,20,27H,15H2,1H3,(H,25,28)(H,26,29). The predicted octanol–water partition coefficient (Wildman–Crippen LogP) is 2.19. The molecule has 8 nitrogen and oxygen atoms in total. The number of rotatable bonds is 8. The number of methoxy groups -OCH3 is 1. The summed E-state index contributed by atoms with van der Waals surface area (Å²) in [7, 11) is -2.88. The lowest BCUT2D eigenvalue weighted by molar-refractivity contribution is -0.123. The highest BCUT2D eigenvalue weighted by Crippen LogP contribution is 2.15. The van der Waals surface area contributed by atoms with Crippen LogP contribution in [0.25, 0.3) is 0 Å². The van der Waals surface area contributed by atoms with Crippen LogP contribution in [0, 0.1) is 5.82 Å². The first-order valence-electron chi connectivity index (χ1n) is 9.85. The summed E-state index contributed by atoms with van der Waals surface area (Å²) in [5.74, 6) is -1.82. The lowest BCUT2D eigenvalue weighted by Gasteiger charge is -2.19. The third kappa shape index (κ3) is 6.37. The van der Waals surface area contributed by atoms with E-state index in [-0.39, 0.29) is 12.0 Å². The Morgan fingerprint density at radius 3 is 2.18 bits per heavy atom. The second-order valence-electron chi connectivity index (χ2n) is 6.97. The lowest BCUT2D eigenvalue weighted by atomic mass is 10.1. The average Bonchev–Trinajstić information content (AvgIpc) is 2.82. The van der Waals surface area contributed by atoms with Crippen LogP contribution in [0.3, 0.4) is 0 Å². The van der Waals surface area contributed by atoms with Crippen LogP contribution in [0.1, 0.15) is 15.9 Å². The zero-order valence-corrected chi connectivity index (χ0v) is 18.4. The number of benzene rings is 3. The average molecular weight is 472 g/mol. The Morgan fingerprint density at radius 1 is 0.909 bits per heavy atom. The molecule has 0 bridgehead atoms. The minimum atomic E-state index is -4.37. The number of nitrogens with one attached hydrogen (secondary N) is 3. The topological polar surface area (TPSA) is 114 Å². The zero-order valence-electron chi connectivity index (χ0n) is 17.6. The molecule has 0 saturated carbocycles. The molecule has 3 rings (SSSR count). The van der Waals surface area contributed by atoms with E-state index < -0.39 is 38.6 Å². The number of sulfonamides is 1. The van der Waals surface area contributed by atoms with Crippen LogP contribution in [0.4, 0.5) is 4.39 Å². The molecule has 0 aliphatic heterocycles. The summed E-state index contributed by atoms with van der Waals surface area (Å²) in [6, 6.07) is 18.4. The SMILES string of the molecule is COc1ccc(C(=O)NNC(=O)C(Cc2ccccc2)NS(=O)(=O)c2ccccc2F)cc1. The smallest absolute Gasteiger partial charge is 0.269 e. The van der Waals surface area contributed by atoms with Gasteiger partial charge in [-0.25, -0.2) is 12.8 Å². The van der Waals surface area contributed by atoms with Crippen molar-refractivity contribution in [2.75, 3.05) is 7.11 Å². The van der Waals surface area contributed by atoms with Crippen molar-refractivity contribution in [1.29, 1.82) is 0 Å². The normalized spacial score (nSPS) is 11.9. The maximum atomic E-state index is 14.1. The highest BCUT2D eigenvalue weighted by Gasteiger charge is 2.28. The number of hydrogen-bond acceptors (Lipinski definition) is 5. The molecule has 3 aromatic carbocycles. The molecule has 1 atom stereocenters. The van der Waals surface area contributed by atoms with Crippen LogP contribution in [0.2, 0.25) is 0 Å². The van der Waals surface area contributed by atoms with E-state index in [2.05, 4.69) is 15.6 Å². The van der Waals surface area contributed by atoms with Crippen molar-refractivity contribution in [3.8, 4) is 5.75 Å². The van der Waals surface area contributed by atoms with Gasteiger partial charge in [-0.1, -0.05) is 42.5 Å². The summed E-state index contributed by atoms with van der Waals surface area (Å²) < 4.78 is 46.8. The Balaban J connectivity index is 1.76. The molecule has 2 amide bonds. The van der Waals surface area contributed by atoms with E-state index in [1.54, 1.807) is 42.5 Å². The van der Waals surface area contributed by atoms with Gasteiger partial charge < -0.3 is 4.74 Å². The van der Waals surface area contributed by atoms with Gasteiger partial charge in [-0.3, -0.25) is 20.4 Å². The van der Waals surface area contributed by atoms with Crippen molar-refractivity contribution in [1.82, 2.24) is 15.6 Å². The van der Waals surface area contributed by atoms with Gasteiger partial charge >= 0.3 is 0 Å². The van der Waals surface area contributed by atoms with E-state index in [4.69, 9.17) is 4.74 Å². The summed E-state index contributed by atoms with van der Waals surface area (Å²) >= 11 is 0. The fourth-order valence-electron chi connectivity index (χ4n) is 2.97. The Kier molecular flexibility index (Phi) is 7.75. The Hall–Kier alpha value is -3.76. The number of carbonyl (C=O) groups is 2. The fourth-order valence-corrected chi connectivity index (χ4v) is 4.25. The Bertz CT molecular complexity index is 1220. The van der Waals surface area contributed by atoms with Crippen molar-refractivity contribution in [3.05, 3.63) is 95.8 Å². The monoisotopic (exact) mass is 471 g/mol. The van der Waals surface area contributed by atoms with E-state index in [1.165, 1.54) is 31.4 Å². The van der Waals surface area contributed by atoms with Gasteiger partial charge in [-0.2, -0.15) is 4.72 Å². The molecular weight excluding hydrogens is 449 g/mol. The van der Waals surface area contributed by atoms with Crippen molar-refractivity contribution >= 4 is 21.8 Å². The molecule has 0 saturated heterocycles. The second kappa shape index (κ2) is 10.7. The minimum absolute atomic E-state index is 0.0290. The molecular formula is C23H22FN3O5S. The number of halogens is 1. The van der Waals surface area contributed by atoms with Crippen molar-refractivity contribution in [3.63, 3.8) is 0 Å². The van der Waals surface area contributed by atoms with Gasteiger partial charge in [0.25, 0.3) is 11.8 Å². The second-order valence-corrected chi connectivity index (χ2v) is 8.65. The number of ether oxygens (including phenoxy) is 1. The van der Waals surface area contributed by atoms with E-state index in [1.807, 2.05) is 0 Å². The fraction of sp³-hybridized carbons (Fsp3) is 0.130. The van der Waals surface area contributed by atoms with Crippen LogP contribution in [0.15, 0.2) is 83.8 Å². The van der Waals surface area contributed by atoms with Gasteiger partial charge in [-0.15, -0.1) is 0 Å².